The molecule has 0 spiro atoms. The fraction of sp³-hybridized carbons (Fsp3) is 0.954. The molecule has 0 amide bonds. The summed E-state index contributed by atoms with van der Waals surface area (Å²) in [6.07, 6.45) is 63.9. The van der Waals surface area contributed by atoms with Crippen molar-refractivity contribution in [3.05, 3.63) is 0 Å². The van der Waals surface area contributed by atoms with Crippen molar-refractivity contribution < 1.29 is 28.6 Å². The van der Waals surface area contributed by atoms with Gasteiger partial charge in [-0.1, -0.05) is 330 Å². The second-order valence-corrected chi connectivity index (χ2v) is 23.4. The van der Waals surface area contributed by atoms with E-state index in [1.165, 1.54) is 257 Å². The van der Waals surface area contributed by atoms with E-state index in [1.807, 2.05) is 0 Å². The predicted molar refractivity (Wildman–Crippen MR) is 307 cm³/mol. The second-order valence-electron chi connectivity index (χ2n) is 23.4. The minimum atomic E-state index is -0.764. The van der Waals surface area contributed by atoms with Gasteiger partial charge in [0.1, 0.15) is 13.2 Å². The molecule has 0 aliphatic rings. The Hall–Kier alpha value is -1.59. The van der Waals surface area contributed by atoms with E-state index >= 15 is 0 Å². The lowest BCUT2D eigenvalue weighted by Crippen LogP contribution is -2.30. The molecule has 0 rings (SSSR count). The van der Waals surface area contributed by atoms with Gasteiger partial charge in [-0.15, -0.1) is 0 Å². The van der Waals surface area contributed by atoms with Gasteiger partial charge in [-0.3, -0.25) is 14.4 Å². The fourth-order valence-electron chi connectivity index (χ4n) is 10.1. The lowest BCUT2D eigenvalue weighted by molar-refractivity contribution is -0.167. The van der Waals surface area contributed by atoms with Gasteiger partial charge in [-0.2, -0.15) is 0 Å². The standard InChI is InChI=1S/C65H126O6/c1-6-7-8-9-10-11-12-13-14-17-21-24-30-35-40-45-50-55-63(66)69-58-62(59-70-64(67)56-51-46-41-36-31-27-26-29-34-39-44-49-54-61(4)5)71-65(68)57-52-47-42-37-32-25-22-19-16-15-18-20-23-28-33-38-43-48-53-60(2)3/h60-62H,6-59H2,1-5H3/t62-/m0/s1. The SMILES string of the molecule is CCCCCCCCCCCCCCCCCCCC(=O)OC[C@@H](COC(=O)CCCCCCCCCCCCCCC(C)C)OC(=O)CCCCCCCCCCCCCCCCCCCCC(C)C. The minimum Gasteiger partial charge on any atom is -0.462 e. The smallest absolute Gasteiger partial charge is 0.306 e. The van der Waals surface area contributed by atoms with Crippen molar-refractivity contribution in [3.63, 3.8) is 0 Å². The summed E-state index contributed by atoms with van der Waals surface area (Å²) in [5, 5.41) is 0. The summed E-state index contributed by atoms with van der Waals surface area (Å²) in [6, 6.07) is 0. The summed E-state index contributed by atoms with van der Waals surface area (Å²) in [4.78, 5) is 38.3. The Morgan fingerprint density at radius 3 is 0.690 bits per heavy atom. The summed E-state index contributed by atoms with van der Waals surface area (Å²) in [6.45, 7) is 11.5. The first kappa shape index (κ1) is 69.4. The van der Waals surface area contributed by atoms with E-state index in [1.54, 1.807) is 0 Å². The number of esters is 3. The van der Waals surface area contributed by atoms with Gasteiger partial charge in [0.15, 0.2) is 6.10 Å². The molecule has 0 bridgehead atoms. The predicted octanol–water partition coefficient (Wildman–Crippen LogP) is 21.6. The maximum absolute atomic E-state index is 12.9. The van der Waals surface area contributed by atoms with Gasteiger partial charge in [0.05, 0.1) is 0 Å². The zero-order chi connectivity index (χ0) is 51.8. The van der Waals surface area contributed by atoms with Crippen LogP contribution in [0, 0.1) is 11.8 Å². The van der Waals surface area contributed by atoms with Gasteiger partial charge in [-0.25, -0.2) is 0 Å². The molecule has 0 heterocycles. The van der Waals surface area contributed by atoms with Crippen LogP contribution in [-0.2, 0) is 28.6 Å². The zero-order valence-corrected chi connectivity index (χ0v) is 48.9. The van der Waals surface area contributed by atoms with Crippen LogP contribution in [0.2, 0.25) is 0 Å². The van der Waals surface area contributed by atoms with Crippen LogP contribution in [0.4, 0.5) is 0 Å². The van der Waals surface area contributed by atoms with E-state index in [2.05, 4.69) is 34.6 Å². The van der Waals surface area contributed by atoms with Gasteiger partial charge >= 0.3 is 17.9 Å². The van der Waals surface area contributed by atoms with Gasteiger partial charge in [0.25, 0.3) is 0 Å². The van der Waals surface area contributed by atoms with Crippen molar-refractivity contribution in [2.75, 3.05) is 13.2 Å². The molecule has 0 aromatic heterocycles. The molecule has 422 valence electrons. The molecular formula is C65H126O6. The highest BCUT2D eigenvalue weighted by atomic mass is 16.6. The second kappa shape index (κ2) is 57.7. The first-order valence-electron chi connectivity index (χ1n) is 32.2. The van der Waals surface area contributed by atoms with E-state index < -0.39 is 6.10 Å². The molecule has 0 aromatic carbocycles. The Bertz CT molecular complexity index is 1090. The van der Waals surface area contributed by atoms with Crippen molar-refractivity contribution in [2.24, 2.45) is 11.8 Å². The van der Waals surface area contributed by atoms with Gasteiger partial charge in [0.2, 0.25) is 0 Å². The summed E-state index contributed by atoms with van der Waals surface area (Å²) in [7, 11) is 0. The first-order chi connectivity index (χ1) is 34.7. The number of hydrogen-bond donors (Lipinski definition) is 0. The van der Waals surface area contributed by atoms with Crippen LogP contribution in [0.5, 0.6) is 0 Å². The lowest BCUT2D eigenvalue weighted by atomic mass is 10.0. The summed E-state index contributed by atoms with van der Waals surface area (Å²) in [5.74, 6) is 0.861. The van der Waals surface area contributed by atoms with Crippen molar-refractivity contribution in [1.29, 1.82) is 0 Å². The zero-order valence-electron chi connectivity index (χ0n) is 48.9. The van der Waals surface area contributed by atoms with E-state index in [4.69, 9.17) is 14.2 Å². The monoisotopic (exact) mass is 1000 g/mol. The molecule has 0 aliphatic heterocycles. The molecule has 1 atom stereocenters. The van der Waals surface area contributed by atoms with Crippen molar-refractivity contribution in [3.8, 4) is 0 Å². The molecule has 6 nitrogen and oxygen atoms in total. The van der Waals surface area contributed by atoms with Crippen LogP contribution in [-0.4, -0.2) is 37.2 Å². The molecular weight excluding hydrogens is 877 g/mol. The quantitative estimate of drug-likeness (QED) is 0.0343. The van der Waals surface area contributed by atoms with Crippen LogP contribution in [0.3, 0.4) is 0 Å². The lowest BCUT2D eigenvalue weighted by Gasteiger charge is -2.18. The number of hydrogen-bond acceptors (Lipinski definition) is 6. The summed E-state index contributed by atoms with van der Waals surface area (Å²) in [5.41, 5.74) is 0. The highest BCUT2D eigenvalue weighted by Gasteiger charge is 2.19. The van der Waals surface area contributed by atoms with E-state index in [9.17, 15) is 14.4 Å². The van der Waals surface area contributed by atoms with Crippen molar-refractivity contribution >= 4 is 17.9 Å². The average Bonchev–Trinajstić information content (AvgIpc) is 3.35. The fourth-order valence-corrected chi connectivity index (χ4v) is 10.1. The number of ether oxygens (including phenoxy) is 3. The van der Waals surface area contributed by atoms with E-state index in [0.29, 0.717) is 19.3 Å². The van der Waals surface area contributed by atoms with Crippen LogP contribution in [0.15, 0.2) is 0 Å². The molecule has 0 saturated heterocycles. The van der Waals surface area contributed by atoms with Gasteiger partial charge in [0, 0.05) is 19.3 Å². The number of rotatable bonds is 59. The van der Waals surface area contributed by atoms with Gasteiger partial charge < -0.3 is 14.2 Å². The molecule has 0 fully saturated rings. The van der Waals surface area contributed by atoms with Crippen molar-refractivity contribution in [1.82, 2.24) is 0 Å². The first-order valence-corrected chi connectivity index (χ1v) is 32.2. The minimum absolute atomic E-state index is 0.0618. The van der Waals surface area contributed by atoms with E-state index in [-0.39, 0.29) is 31.1 Å². The Balaban J connectivity index is 4.27. The largest absolute Gasteiger partial charge is 0.462 e. The third kappa shape index (κ3) is 59.2. The number of carbonyl (C=O) groups is 3. The maximum Gasteiger partial charge on any atom is 0.306 e. The van der Waals surface area contributed by atoms with Crippen LogP contribution in [0.1, 0.15) is 369 Å². The van der Waals surface area contributed by atoms with Crippen LogP contribution < -0.4 is 0 Å². The molecule has 0 radical (unpaired) electrons. The molecule has 0 N–H and O–H groups in total. The van der Waals surface area contributed by atoms with E-state index in [0.717, 1.165) is 69.6 Å². The Morgan fingerprint density at radius 1 is 0.268 bits per heavy atom. The highest BCUT2D eigenvalue weighted by molar-refractivity contribution is 5.71. The van der Waals surface area contributed by atoms with Crippen molar-refractivity contribution in [2.45, 2.75) is 375 Å². The number of carbonyl (C=O) groups excluding carboxylic acids is 3. The molecule has 0 aliphatic carbocycles. The highest BCUT2D eigenvalue weighted by Crippen LogP contribution is 2.19. The Morgan fingerprint density at radius 2 is 0.465 bits per heavy atom. The topological polar surface area (TPSA) is 78.9 Å². The molecule has 71 heavy (non-hydrogen) atoms. The normalized spacial score (nSPS) is 12.0. The van der Waals surface area contributed by atoms with Crippen LogP contribution >= 0.6 is 0 Å². The molecule has 0 aromatic rings. The Labute approximate surface area is 444 Å². The maximum atomic E-state index is 12.9. The van der Waals surface area contributed by atoms with Gasteiger partial charge in [-0.05, 0) is 31.1 Å². The molecule has 0 unspecified atom stereocenters. The molecule has 6 heteroatoms. The summed E-state index contributed by atoms with van der Waals surface area (Å²) >= 11 is 0. The summed E-state index contributed by atoms with van der Waals surface area (Å²) < 4.78 is 17.0. The third-order valence-electron chi connectivity index (χ3n) is 15.0. The molecule has 0 saturated carbocycles. The third-order valence-corrected chi connectivity index (χ3v) is 15.0. The average molecular weight is 1000 g/mol. The Kier molecular flexibility index (Phi) is 56.4. The van der Waals surface area contributed by atoms with Crippen LogP contribution in [0.25, 0.3) is 0 Å². The number of unbranched alkanes of at least 4 members (excludes halogenated alkanes) is 44.